The average molecular weight is 539 g/mol. The van der Waals surface area contributed by atoms with E-state index in [-0.39, 0.29) is 5.41 Å². The molecule has 3 nitrogen and oxygen atoms in total. The van der Waals surface area contributed by atoms with Crippen molar-refractivity contribution in [3.05, 3.63) is 58.7 Å². The van der Waals surface area contributed by atoms with Gasteiger partial charge in [-0.1, -0.05) is 139 Å². The van der Waals surface area contributed by atoms with Gasteiger partial charge in [0.2, 0.25) is 0 Å². The van der Waals surface area contributed by atoms with Gasteiger partial charge in [0.15, 0.2) is 0 Å². The summed E-state index contributed by atoms with van der Waals surface area (Å²) < 4.78 is 4.97. The lowest BCUT2D eigenvalue weighted by Crippen LogP contribution is -2.19. The van der Waals surface area contributed by atoms with E-state index < -0.39 is 11.9 Å². The van der Waals surface area contributed by atoms with Gasteiger partial charge in [0.25, 0.3) is 0 Å². The predicted octanol–water partition coefficient (Wildman–Crippen LogP) is 11.1. The predicted molar refractivity (Wildman–Crippen MR) is 168 cm³/mol. The normalized spacial score (nSPS) is 16.5. The summed E-state index contributed by atoms with van der Waals surface area (Å²) in [4.78, 5) is 24.1. The molecule has 0 atom stereocenters. The van der Waals surface area contributed by atoms with Crippen LogP contribution in [0.2, 0.25) is 0 Å². The molecule has 0 radical (unpaired) electrons. The number of carbonyl (C=O) groups is 2. The van der Waals surface area contributed by atoms with Crippen molar-refractivity contribution in [3.8, 4) is 0 Å². The summed E-state index contributed by atoms with van der Waals surface area (Å²) in [6.07, 6.45) is 32.0. The molecular formula is C36H58O3. The Kier molecular flexibility index (Phi) is 18.5. The van der Waals surface area contributed by atoms with Crippen molar-refractivity contribution < 1.29 is 14.3 Å². The fourth-order valence-corrected chi connectivity index (χ4v) is 5.35. The van der Waals surface area contributed by atoms with E-state index in [9.17, 15) is 9.59 Å². The highest BCUT2D eigenvalue weighted by Gasteiger charge is 2.26. The third-order valence-electron chi connectivity index (χ3n) is 7.82. The second-order valence-corrected chi connectivity index (χ2v) is 12.2. The van der Waals surface area contributed by atoms with Crippen molar-refractivity contribution in [2.75, 3.05) is 0 Å². The Bertz CT molecular complexity index is 879. The zero-order chi connectivity index (χ0) is 28.9. The molecule has 1 aliphatic rings. The van der Waals surface area contributed by atoms with Gasteiger partial charge in [-0.2, -0.15) is 0 Å². The first kappa shape index (κ1) is 34.9. The van der Waals surface area contributed by atoms with Crippen LogP contribution in [0.1, 0.15) is 151 Å². The molecule has 39 heavy (non-hydrogen) atoms. The van der Waals surface area contributed by atoms with Gasteiger partial charge in [-0.05, 0) is 63.0 Å². The Hall–Kier alpha value is -2.16. The number of esters is 2. The molecule has 1 aliphatic carbocycles. The summed E-state index contributed by atoms with van der Waals surface area (Å²) in [6, 6.07) is 0. The number of carbonyl (C=O) groups excluding carboxylic acids is 2. The fourth-order valence-electron chi connectivity index (χ4n) is 5.35. The van der Waals surface area contributed by atoms with Crippen molar-refractivity contribution in [1.82, 2.24) is 0 Å². The van der Waals surface area contributed by atoms with E-state index in [2.05, 4.69) is 46.8 Å². The van der Waals surface area contributed by atoms with Crippen LogP contribution in [0, 0.1) is 5.41 Å². The lowest BCUT2D eigenvalue weighted by Gasteiger charge is -2.32. The molecule has 0 heterocycles. The summed E-state index contributed by atoms with van der Waals surface area (Å²) in [5, 5.41) is 0. The van der Waals surface area contributed by atoms with Crippen LogP contribution in [-0.2, 0) is 14.3 Å². The molecule has 1 rings (SSSR count). The van der Waals surface area contributed by atoms with E-state index in [1.807, 2.05) is 25.2 Å². The second kappa shape index (κ2) is 20.7. The number of ether oxygens (including phenoxy) is 1. The topological polar surface area (TPSA) is 43.4 Å². The van der Waals surface area contributed by atoms with Crippen molar-refractivity contribution >= 4 is 11.9 Å². The molecule has 0 bridgehead atoms. The molecule has 0 saturated heterocycles. The highest BCUT2D eigenvalue weighted by atomic mass is 16.6. The first-order valence-electron chi connectivity index (χ1n) is 15.8. The second-order valence-electron chi connectivity index (χ2n) is 12.2. The van der Waals surface area contributed by atoms with Gasteiger partial charge < -0.3 is 4.74 Å². The van der Waals surface area contributed by atoms with Crippen LogP contribution in [0.25, 0.3) is 0 Å². The van der Waals surface area contributed by atoms with Crippen LogP contribution in [0.4, 0.5) is 0 Å². The SMILES string of the molecule is CCCCCCCCCCCCCCCC(=O)OC(=O)/C=C(C)/C=C/C=C(C)/C=C/C1=C(C)CCCC1(C)C. The minimum atomic E-state index is -0.584. The van der Waals surface area contributed by atoms with Crippen LogP contribution < -0.4 is 0 Å². The molecule has 220 valence electrons. The highest BCUT2D eigenvalue weighted by molar-refractivity contribution is 5.92. The maximum absolute atomic E-state index is 12.1. The maximum Gasteiger partial charge on any atom is 0.338 e. The van der Waals surface area contributed by atoms with E-state index in [0.29, 0.717) is 6.42 Å². The lowest BCUT2D eigenvalue weighted by atomic mass is 9.72. The van der Waals surface area contributed by atoms with Gasteiger partial charge in [-0.15, -0.1) is 0 Å². The average Bonchev–Trinajstić information content (AvgIpc) is 2.86. The molecule has 0 saturated carbocycles. The molecule has 0 aromatic rings. The largest absolute Gasteiger partial charge is 0.390 e. The lowest BCUT2D eigenvalue weighted by molar-refractivity contribution is -0.156. The van der Waals surface area contributed by atoms with Gasteiger partial charge in [-0.3, -0.25) is 4.79 Å². The summed E-state index contributed by atoms with van der Waals surface area (Å²) >= 11 is 0. The molecule has 0 N–H and O–H groups in total. The molecule has 0 aromatic heterocycles. The number of hydrogen-bond donors (Lipinski definition) is 0. The summed E-state index contributed by atoms with van der Waals surface area (Å²) in [5.41, 5.74) is 5.09. The first-order chi connectivity index (χ1) is 18.7. The molecule has 0 aliphatic heterocycles. The Morgan fingerprint density at radius 1 is 0.821 bits per heavy atom. The molecule has 0 fully saturated rings. The summed E-state index contributed by atoms with van der Waals surface area (Å²) in [7, 11) is 0. The Morgan fingerprint density at radius 2 is 1.38 bits per heavy atom. The zero-order valence-corrected chi connectivity index (χ0v) is 26.2. The van der Waals surface area contributed by atoms with E-state index >= 15 is 0 Å². The van der Waals surface area contributed by atoms with E-state index in [1.54, 1.807) is 0 Å². The Balaban J connectivity index is 2.22. The number of rotatable bonds is 19. The smallest absolute Gasteiger partial charge is 0.338 e. The van der Waals surface area contributed by atoms with Crippen LogP contribution in [-0.4, -0.2) is 11.9 Å². The molecule has 0 amide bonds. The highest BCUT2D eigenvalue weighted by Crippen LogP contribution is 2.40. The molecule has 3 heteroatoms. The summed E-state index contributed by atoms with van der Waals surface area (Å²) in [5.74, 6) is -1.01. The van der Waals surface area contributed by atoms with Crippen molar-refractivity contribution in [3.63, 3.8) is 0 Å². The van der Waals surface area contributed by atoms with Gasteiger partial charge in [-0.25, -0.2) is 4.79 Å². The van der Waals surface area contributed by atoms with Gasteiger partial charge in [0, 0.05) is 12.5 Å². The number of unbranched alkanes of at least 4 members (excludes halogenated alkanes) is 12. The number of allylic oxidation sites excluding steroid dienone is 9. The maximum atomic E-state index is 12.1. The van der Waals surface area contributed by atoms with Crippen molar-refractivity contribution in [2.24, 2.45) is 5.41 Å². The van der Waals surface area contributed by atoms with Crippen molar-refractivity contribution in [1.29, 1.82) is 0 Å². The molecule has 0 spiro atoms. The molecule has 0 aromatic carbocycles. The van der Waals surface area contributed by atoms with Crippen molar-refractivity contribution in [2.45, 2.75) is 151 Å². The Morgan fingerprint density at radius 3 is 1.95 bits per heavy atom. The van der Waals surface area contributed by atoms with E-state index in [4.69, 9.17) is 4.74 Å². The van der Waals surface area contributed by atoms with Crippen LogP contribution in [0.5, 0.6) is 0 Å². The first-order valence-corrected chi connectivity index (χ1v) is 15.8. The van der Waals surface area contributed by atoms with E-state index in [0.717, 1.165) is 30.4 Å². The quantitative estimate of drug-likeness (QED) is 0.0540. The fraction of sp³-hybridized carbons (Fsp3) is 0.667. The van der Waals surface area contributed by atoms with Crippen LogP contribution >= 0.6 is 0 Å². The van der Waals surface area contributed by atoms with Gasteiger partial charge in [0.05, 0.1) is 0 Å². The number of hydrogen-bond acceptors (Lipinski definition) is 3. The third-order valence-corrected chi connectivity index (χ3v) is 7.82. The van der Waals surface area contributed by atoms with Crippen LogP contribution in [0.15, 0.2) is 58.7 Å². The minimum Gasteiger partial charge on any atom is -0.390 e. The Labute approximate surface area is 240 Å². The minimum absolute atomic E-state index is 0.235. The summed E-state index contributed by atoms with van der Waals surface area (Å²) in [6.45, 7) is 13.1. The van der Waals surface area contributed by atoms with Gasteiger partial charge >= 0.3 is 11.9 Å². The molecule has 0 unspecified atom stereocenters. The van der Waals surface area contributed by atoms with Gasteiger partial charge in [0.1, 0.15) is 0 Å². The van der Waals surface area contributed by atoms with E-state index in [1.165, 1.54) is 101 Å². The monoisotopic (exact) mass is 538 g/mol. The zero-order valence-electron chi connectivity index (χ0n) is 26.2. The van der Waals surface area contributed by atoms with Crippen LogP contribution in [0.3, 0.4) is 0 Å². The third kappa shape index (κ3) is 17.2. The molecular weight excluding hydrogens is 480 g/mol. The standard InChI is InChI=1S/C36H58O3/c1-7-8-9-10-11-12-13-14-15-16-17-18-19-25-34(37)39-35(38)29-31(3)23-20-22-30(2)26-27-33-32(4)24-21-28-36(33,5)6/h20,22-23,26-27,29H,7-19,21,24-25,28H2,1-6H3/b23-20+,27-26+,30-22+,31-29+.